The fourth-order valence-electron chi connectivity index (χ4n) is 2.94. The summed E-state index contributed by atoms with van der Waals surface area (Å²) < 4.78 is 6.98. The lowest BCUT2D eigenvalue weighted by Gasteiger charge is -2.36. The number of benzene rings is 1. The number of anilines is 1. The molecule has 1 aromatic carbocycles. The summed E-state index contributed by atoms with van der Waals surface area (Å²) in [5, 5.41) is 4.62. The third kappa shape index (κ3) is 4.15. The molecule has 0 saturated carbocycles. The first-order valence-corrected chi connectivity index (χ1v) is 9.24. The van der Waals surface area contributed by atoms with Gasteiger partial charge in [0, 0.05) is 19.6 Å². The molecule has 0 amide bonds. The number of nitrogens with zero attached hydrogens (tertiary/aromatic N) is 4. The predicted octanol–water partition coefficient (Wildman–Crippen LogP) is 2.96. The lowest BCUT2D eigenvalue weighted by molar-refractivity contribution is 0.0248. The molecule has 2 heterocycles. The highest BCUT2D eigenvalue weighted by Gasteiger charge is 2.23. The zero-order valence-electron chi connectivity index (χ0n) is 14.5. The Labute approximate surface area is 166 Å². The van der Waals surface area contributed by atoms with Crippen molar-refractivity contribution in [2.24, 2.45) is 0 Å². The molecular weight excluding hydrogens is 399 g/mol. The molecule has 0 bridgehead atoms. The first kappa shape index (κ1) is 19.5. The summed E-state index contributed by atoms with van der Waals surface area (Å²) in [6.07, 6.45) is 1.45. The van der Waals surface area contributed by atoms with Crippen molar-refractivity contribution in [3.8, 4) is 5.69 Å². The summed E-state index contributed by atoms with van der Waals surface area (Å²) in [4.78, 5) is 16.5. The van der Waals surface area contributed by atoms with Gasteiger partial charge in [0.05, 0.1) is 40.3 Å². The van der Waals surface area contributed by atoms with E-state index < -0.39 is 5.56 Å². The fraction of sp³-hybridized carbons (Fsp3) is 0.412. The number of ether oxygens (including phenoxy) is 1. The Morgan fingerprint density at radius 2 is 2.04 bits per heavy atom. The minimum Gasteiger partial charge on any atom is -0.373 e. The summed E-state index contributed by atoms with van der Waals surface area (Å²) in [5.74, 6) is 0. The summed E-state index contributed by atoms with van der Waals surface area (Å²) >= 11 is 18.2. The van der Waals surface area contributed by atoms with Crippen LogP contribution in [0.25, 0.3) is 5.69 Å². The van der Waals surface area contributed by atoms with E-state index in [4.69, 9.17) is 39.5 Å². The number of morpholine rings is 1. The van der Waals surface area contributed by atoms with Gasteiger partial charge in [-0.05, 0) is 32.3 Å². The minimum absolute atomic E-state index is 0.0680. The van der Waals surface area contributed by atoms with Gasteiger partial charge in [0.25, 0.3) is 5.56 Å². The summed E-state index contributed by atoms with van der Waals surface area (Å²) in [6.45, 7) is 3.00. The molecule has 1 aliphatic rings. The lowest BCUT2D eigenvalue weighted by Crippen LogP contribution is -2.46. The fourth-order valence-corrected chi connectivity index (χ4v) is 3.48. The molecule has 1 unspecified atom stereocenters. The van der Waals surface area contributed by atoms with E-state index in [1.54, 1.807) is 12.1 Å². The molecule has 0 radical (unpaired) electrons. The molecule has 1 atom stereocenters. The van der Waals surface area contributed by atoms with Gasteiger partial charge >= 0.3 is 0 Å². The molecule has 3 rings (SSSR count). The van der Waals surface area contributed by atoms with Crippen LogP contribution in [-0.2, 0) is 4.74 Å². The quantitative estimate of drug-likeness (QED) is 0.765. The smallest absolute Gasteiger partial charge is 0.291 e. The molecule has 2 aromatic rings. The maximum absolute atomic E-state index is 12.2. The second kappa shape index (κ2) is 8.15. The molecule has 140 valence electrons. The molecule has 0 spiro atoms. The summed E-state index contributed by atoms with van der Waals surface area (Å²) in [5.41, 5.74) is 0.941. The molecule has 1 aromatic heterocycles. The highest BCUT2D eigenvalue weighted by atomic mass is 35.5. The molecule has 9 heteroatoms. The number of halogens is 3. The minimum atomic E-state index is -0.486. The standard InChI is InChI=1S/C17H19Cl3N4O2/c1-22(2)9-12-10-23(5-6-26-12)15-4-3-11(7-13(15)18)24-17(25)16(20)14(19)8-21-24/h3-4,7-8,12H,5-6,9-10H2,1-2H3. The van der Waals surface area contributed by atoms with Gasteiger partial charge in [-0.3, -0.25) is 4.79 Å². The number of aromatic nitrogens is 2. The second-order valence-corrected chi connectivity index (χ2v) is 7.55. The molecular formula is C17H19Cl3N4O2. The van der Waals surface area contributed by atoms with Crippen molar-refractivity contribution < 1.29 is 4.74 Å². The van der Waals surface area contributed by atoms with Gasteiger partial charge in [0.2, 0.25) is 0 Å². The Morgan fingerprint density at radius 3 is 2.73 bits per heavy atom. The van der Waals surface area contributed by atoms with E-state index >= 15 is 0 Å². The van der Waals surface area contributed by atoms with Crippen molar-refractivity contribution in [1.29, 1.82) is 0 Å². The molecule has 1 aliphatic heterocycles. The van der Waals surface area contributed by atoms with Crippen LogP contribution < -0.4 is 10.5 Å². The van der Waals surface area contributed by atoms with E-state index in [0.29, 0.717) is 17.3 Å². The van der Waals surface area contributed by atoms with Crippen LogP contribution in [0, 0.1) is 0 Å². The Bertz CT molecular complexity index is 856. The Morgan fingerprint density at radius 1 is 1.27 bits per heavy atom. The SMILES string of the molecule is CN(C)CC1CN(c2ccc(-n3ncc(Cl)c(Cl)c3=O)cc2Cl)CCO1. The highest BCUT2D eigenvalue weighted by molar-refractivity contribution is 6.41. The van der Waals surface area contributed by atoms with Crippen LogP contribution in [0.5, 0.6) is 0 Å². The van der Waals surface area contributed by atoms with Gasteiger partial charge in [0.1, 0.15) is 5.02 Å². The van der Waals surface area contributed by atoms with Crippen molar-refractivity contribution in [3.05, 3.63) is 49.8 Å². The highest BCUT2D eigenvalue weighted by Crippen LogP contribution is 2.29. The topological polar surface area (TPSA) is 50.6 Å². The molecule has 1 saturated heterocycles. The first-order chi connectivity index (χ1) is 12.4. The van der Waals surface area contributed by atoms with Crippen molar-refractivity contribution in [3.63, 3.8) is 0 Å². The van der Waals surface area contributed by atoms with E-state index in [0.717, 1.165) is 25.3 Å². The van der Waals surface area contributed by atoms with Crippen LogP contribution in [-0.4, -0.2) is 61.1 Å². The number of hydrogen-bond acceptors (Lipinski definition) is 5. The second-order valence-electron chi connectivity index (χ2n) is 6.36. The normalized spacial score (nSPS) is 17.8. The number of rotatable bonds is 4. The van der Waals surface area contributed by atoms with Crippen molar-refractivity contribution in [2.75, 3.05) is 45.2 Å². The Balaban J connectivity index is 1.86. The average Bonchev–Trinajstić information content (AvgIpc) is 2.59. The van der Waals surface area contributed by atoms with Crippen molar-refractivity contribution >= 4 is 40.5 Å². The first-order valence-electron chi connectivity index (χ1n) is 8.11. The maximum Gasteiger partial charge on any atom is 0.291 e. The van der Waals surface area contributed by atoms with Gasteiger partial charge in [-0.2, -0.15) is 9.78 Å². The number of likely N-dealkylation sites (N-methyl/N-ethyl adjacent to an activating group) is 1. The zero-order valence-corrected chi connectivity index (χ0v) is 16.7. The molecule has 26 heavy (non-hydrogen) atoms. The predicted molar refractivity (Wildman–Crippen MR) is 105 cm³/mol. The van der Waals surface area contributed by atoms with E-state index in [1.807, 2.05) is 20.2 Å². The summed E-state index contributed by atoms with van der Waals surface area (Å²) in [6, 6.07) is 5.37. The van der Waals surface area contributed by atoms with Crippen LogP contribution >= 0.6 is 34.8 Å². The molecule has 0 aliphatic carbocycles. The Kier molecular flexibility index (Phi) is 6.10. The van der Waals surface area contributed by atoms with Gasteiger partial charge < -0.3 is 14.5 Å². The van der Waals surface area contributed by atoms with E-state index in [1.165, 1.54) is 10.9 Å². The number of hydrogen-bond donors (Lipinski definition) is 0. The van der Waals surface area contributed by atoms with E-state index in [2.05, 4.69) is 14.9 Å². The molecule has 0 N–H and O–H groups in total. The van der Waals surface area contributed by atoms with Crippen molar-refractivity contribution in [2.45, 2.75) is 6.10 Å². The monoisotopic (exact) mass is 416 g/mol. The van der Waals surface area contributed by atoms with Gasteiger partial charge in [-0.25, -0.2) is 0 Å². The lowest BCUT2D eigenvalue weighted by atomic mass is 10.2. The van der Waals surface area contributed by atoms with Crippen molar-refractivity contribution in [1.82, 2.24) is 14.7 Å². The summed E-state index contributed by atoms with van der Waals surface area (Å²) in [7, 11) is 4.04. The zero-order chi connectivity index (χ0) is 18.8. The van der Waals surface area contributed by atoms with Crippen LogP contribution in [0.15, 0.2) is 29.2 Å². The average molecular weight is 418 g/mol. The van der Waals surface area contributed by atoms with E-state index in [-0.39, 0.29) is 16.1 Å². The molecule has 1 fully saturated rings. The van der Waals surface area contributed by atoms with E-state index in [9.17, 15) is 4.79 Å². The van der Waals surface area contributed by atoms with Crippen LogP contribution in [0.4, 0.5) is 5.69 Å². The van der Waals surface area contributed by atoms with Crippen LogP contribution in [0.2, 0.25) is 15.1 Å². The molecule has 6 nitrogen and oxygen atoms in total. The van der Waals surface area contributed by atoms with Gasteiger partial charge in [-0.1, -0.05) is 34.8 Å². The maximum atomic E-state index is 12.2. The van der Waals surface area contributed by atoms with Gasteiger partial charge in [0.15, 0.2) is 0 Å². The third-order valence-electron chi connectivity index (χ3n) is 4.10. The van der Waals surface area contributed by atoms with Gasteiger partial charge in [-0.15, -0.1) is 0 Å². The third-order valence-corrected chi connectivity index (χ3v) is 5.15. The van der Waals surface area contributed by atoms with Crippen LogP contribution in [0.1, 0.15) is 0 Å². The van der Waals surface area contributed by atoms with Crippen LogP contribution in [0.3, 0.4) is 0 Å². The largest absolute Gasteiger partial charge is 0.373 e. The Hall–Kier alpha value is -1.31.